The summed E-state index contributed by atoms with van der Waals surface area (Å²) in [6, 6.07) is 0. The molecular formula is C12H17N3O3. The van der Waals surface area contributed by atoms with E-state index in [1.807, 2.05) is 10.8 Å². The van der Waals surface area contributed by atoms with E-state index in [4.69, 9.17) is 5.11 Å². The van der Waals surface area contributed by atoms with Crippen molar-refractivity contribution >= 4 is 11.9 Å². The summed E-state index contributed by atoms with van der Waals surface area (Å²) in [5.74, 6) is -0.0837. The molecule has 1 aromatic rings. The number of imidazole rings is 1. The fraction of sp³-hybridized carbons (Fsp3) is 0.583. The molecule has 2 rings (SSSR count). The Kier molecular flexibility index (Phi) is 3.64. The minimum absolute atomic E-state index is 0.0120. The normalized spacial score (nSPS) is 16.2. The molecule has 1 atom stereocenters. The Morgan fingerprint density at radius 1 is 1.44 bits per heavy atom. The third-order valence-corrected chi connectivity index (χ3v) is 3.14. The summed E-state index contributed by atoms with van der Waals surface area (Å²) in [4.78, 5) is 28.5. The second kappa shape index (κ2) is 5.20. The molecule has 0 bridgehead atoms. The zero-order chi connectivity index (χ0) is 13.1. The third-order valence-electron chi connectivity index (χ3n) is 3.14. The molecule has 0 saturated heterocycles. The number of hydrogen-bond donors (Lipinski definition) is 1. The lowest BCUT2D eigenvalue weighted by molar-refractivity contribution is -0.138. The molecule has 1 N–H and O–H groups in total. The highest BCUT2D eigenvalue weighted by Crippen LogP contribution is 2.15. The number of aromatic nitrogens is 2. The number of aliphatic carboxylic acids is 1. The Bertz CT molecular complexity index is 455. The second-order valence-corrected chi connectivity index (χ2v) is 4.76. The highest BCUT2D eigenvalue weighted by atomic mass is 16.4. The van der Waals surface area contributed by atoms with Crippen LogP contribution in [-0.4, -0.2) is 38.0 Å². The van der Waals surface area contributed by atoms with E-state index >= 15 is 0 Å². The van der Waals surface area contributed by atoms with Crippen LogP contribution < -0.4 is 0 Å². The topological polar surface area (TPSA) is 75.4 Å². The number of amides is 1. The van der Waals surface area contributed by atoms with Gasteiger partial charge >= 0.3 is 5.97 Å². The fourth-order valence-electron chi connectivity index (χ4n) is 2.18. The number of carboxylic acids is 1. The van der Waals surface area contributed by atoms with Crippen molar-refractivity contribution in [2.75, 3.05) is 6.54 Å². The molecule has 2 heterocycles. The van der Waals surface area contributed by atoms with Crippen LogP contribution in [0.5, 0.6) is 0 Å². The SMILES string of the molecule is CC(CC(=O)O)CC(=O)N1CCn2ccnc2C1. The van der Waals surface area contributed by atoms with Gasteiger partial charge in [0, 0.05) is 38.3 Å². The number of fused-ring (bicyclic) bond motifs is 1. The maximum absolute atomic E-state index is 12.0. The average molecular weight is 251 g/mol. The summed E-state index contributed by atoms with van der Waals surface area (Å²) in [7, 11) is 0. The van der Waals surface area contributed by atoms with E-state index in [1.54, 1.807) is 18.0 Å². The maximum Gasteiger partial charge on any atom is 0.303 e. The van der Waals surface area contributed by atoms with Crippen molar-refractivity contribution in [3.63, 3.8) is 0 Å². The van der Waals surface area contributed by atoms with Crippen LogP contribution in [0.4, 0.5) is 0 Å². The molecule has 6 heteroatoms. The maximum atomic E-state index is 12.0. The van der Waals surface area contributed by atoms with Gasteiger partial charge in [0.1, 0.15) is 5.82 Å². The molecule has 0 aromatic carbocycles. The molecule has 1 amide bonds. The van der Waals surface area contributed by atoms with Crippen molar-refractivity contribution in [3.8, 4) is 0 Å². The molecule has 1 aliphatic rings. The largest absolute Gasteiger partial charge is 0.481 e. The number of carbonyl (C=O) groups is 2. The number of hydrogen-bond acceptors (Lipinski definition) is 3. The Hall–Kier alpha value is -1.85. The number of rotatable bonds is 4. The fourth-order valence-corrected chi connectivity index (χ4v) is 2.18. The van der Waals surface area contributed by atoms with E-state index in [-0.39, 0.29) is 24.7 Å². The number of carbonyl (C=O) groups excluding carboxylic acids is 1. The van der Waals surface area contributed by atoms with Crippen molar-refractivity contribution < 1.29 is 14.7 Å². The van der Waals surface area contributed by atoms with E-state index < -0.39 is 5.97 Å². The van der Waals surface area contributed by atoms with Crippen molar-refractivity contribution in [1.82, 2.24) is 14.5 Å². The predicted molar refractivity (Wildman–Crippen MR) is 63.7 cm³/mol. The van der Waals surface area contributed by atoms with E-state index in [0.717, 1.165) is 12.4 Å². The van der Waals surface area contributed by atoms with Crippen LogP contribution in [0.2, 0.25) is 0 Å². The zero-order valence-corrected chi connectivity index (χ0v) is 10.4. The summed E-state index contributed by atoms with van der Waals surface area (Å²) < 4.78 is 2.03. The van der Waals surface area contributed by atoms with Crippen molar-refractivity contribution in [3.05, 3.63) is 18.2 Å². The van der Waals surface area contributed by atoms with Crippen LogP contribution in [-0.2, 0) is 22.7 Å². The van der Waals surface area contributed by atoms with Gasteiger partial charge in [0.15, 0.2) is 0 Å². The van der Waals surface area contributed by atoms with Crippen molar-refractivity contribution in [2.24, 2.45) is 5.92 Å². The summed E-state index contributed by atoms with van der Waals surface area (Å²) in [6.45, 7) is 3.74. The van der Waals surface area contributed by atoms with Gasteiger partial charge in [0.25, 0.3) is 0 Å². The highest BCUT2D eigenvalue weighted by Gasteiger charge is 2.23. The summed E-state index contributed by atoms with van der Waals surface area (Å²) in [5, 5.41) is 8.67. The van der Waals surface area contributed by atoms with Crippen LogP contribution in [0.3, 0.4) is 0 Å². The average Bonchev–Trinajstić information content (AvgIpc) is 2.74. The van der Waals surface area contributed by atoms with Gasteiger partial charge in [0.05, 0.1) is 6.54 Å². The molecule has 0 radical (unpaired) electrons. The Morgan fingerprint density at radius 2 is 2.22 bits per heavy atom. The van der Waals surface area contributed by atoms with Crippen LogP contribution in [0.1, 0.15) is 25.6 Å². The van der Waals surface area contributed by atoms with E-state index in [2.05, 4.69) is 4.98 Å². The minimum atomic E-state index is -0.857. The standard InChI is InChI=1S/C12H17N3O3/c1-9(7-12(17)18)6-11(16)15-5-4-14-3-2-13-10(14)8-15/h2-3,9H,4-8H2,1H3,(H,17,18). The molecule has 0 aliphatic carbocycles. The summed E-state index contributed by atoms with van der Waals surface area (Å²) >= 11 is 0. The van der Waals surface area contributed by atoms with Gasteiger partial charge in [0.2, 0.25) is 5.91 Å². The highest BCUT2D eigenvalue weighted by molar-refractivity contribution is 5.77. The van der Waals surface area contributed by atoms with Crippen LogP contribution in [0.25, 0.3) is 0 Å². The van der Waals surface area contributed by atoms with E-state index in [1.165, 1.54) is 0 Å². The van der Waals surface area contributed by atoms with Crippen LogP contribution in [0, 0.1) is 5.92 Å². The molecule has 1 aromatic heterocycles. The van der Waals surface area contributed by atoms with Gasteiger partial charge in [-0.05, 0) is 5.92 Å². The van der Waals surface area contributed by atoms with Gasteiger partial charge in [-0.15, -0.1) is 0 Å². The lowest BCUT2D eigenvalue weighted by Crippen LogP contribution is -2.38. The second-order valence-electron chi connectivity index (χ2n) is 4.76. The van der Waals surface area contributed by atoms with Crippen molar-refractivity contribution in [2.45, 2.75) is 32.9 Å². The number of nitrogens with zero attached hydrogens (tertiary/aromatic N) is 3. The monoisotopic (exact) mass is 251 g/mol. The van der Waals surface area contributed by atoms with Gasteiger partial charge in [-0.3, -0.25) is 9.59 Å². The van der Waals surface area contributed by atoms with Gasteiger partial charge in [-0.25, -0.2) is 4.98 Å². The Morgan fingerprint density at radius 3 is 2.94 bits per heavy atom. The first-order chi connectivity index (χ1) is 8.56. The molecule has 0 fully saturated rings. The zero-order valence-electron chi connectivity index (χ0n) is 10.4. The van der Waals surface area contributed by atoms with Crippen LogP contribution >= 0.6 is 0 Å². The third kappa shape index (κ3) is 2.88. The molecule has 1 aliphatic heterocycles. The molecule has 1 unspecified atom stereocenters. The first-order valence-corrected chi connectivity index (χ1v) is 6.06. The number of carboxylic acid groups (broad SMARTS) is 1. The summed E-state index contributed by atoms with van der Waals surface area (Å²) in [5.41, 5.74) is 0. The molecular weight excluding hydrogens is 234 g/mol. The Balaban J connectivity index is 1.89. The first-order valence-electron chi connectivity index (χ1n) is 6.06. The molecule has 0 spiro atoms. The van der Waals surface area contributed by atoms with E-state index in [9.17, 15) is 9.59 Å². The molecule has 98 valence electrons. The van der Waals surface area contributed by atoms with Gasteiger partial charge in [-0.1, -0.05) is 6.92 Å². The lowest BCUT2D eigenvalue weighted by Gasteiger charge is -2.28. The predicted octanol–water partition coefficient (Wildman–Crippen LogP) is 0.726. The Labute approximate surface area is 105 Å². The summed E-state index contributed by atoms with van der Waals surface area (Å²) in [6.07, 6.45) is 3.96. The minimum Gasteiger partial charge on any atom is -0.481 e. The molecule has 18 heavy (non-hydrogen) atoms. The van der Waals surface area contributed by atoms with E-state index in [0.29, 0.717) is 13.1 Å². The lowest BCUT2D eigenvalue weighted by atomic mass is 10.0. The van der Waals surface area contributed by atoms with Crippen molar-refractivity contribution in [1.29, 1.82) is 0 Å². The van der Waals surface area contributed by atoms with Gasteiger partial charge in [-0.2, -0.15) is 0 Å². The molecule has 0 saturated carbocycles. The van der Waals surface area contributed by atoms with Crippen LogP contribution in [0.15, 0.2) is 12.4 Å². The molecule has 6 nitrogen and oxygen atoms in total. The van der Waals surface area contributed by atoms with Gasteiger partial charge < -0.3 is 14.6 Å². The first kappa shape index (κ1) is 12.6. The smallest absolute Gasteiger partial charge is 0.303 e. The quantitative estimate of drug-likeness (QED) is 0.855.